The second kappa shape index (κ2) is 6.65. The molecule has 0 spiro atoms. The van der Waals surface area contributed by atoms with E-state index in [0.717, 1.165) is 13.0 Å². The molecule has 0 aliphatic heterocycles. The highest BCUT2D eigenvalue weighted by atomic mass is 35.5. The zero-order chi connectivity index (χ0) is 8.69. The Bertz CT molecular complexity index is 117. The highest BCUT2D eigenvalue weighted by molar-refractivity contribution is 6.13. The Balaban J connectivity index is 3.43. The zero-order valence-corrected chi connectivity index (χ0v) is 8.14. The molecule has 0 aliphatic carbocycles. The van der Waals surface area contributed by atoms with E-state index in [1.165, 1.54) is 0 Å². The van der Waals surface area contributed by atoms with Gasteiger partial charge in [-0.3, -0.25) is 0 Å². The number of allylic oxidation sites excluding steroid dienone is 1. The molecule has 0 aromatic rings. The first kappa shape index (κ1) is 11.0. The molecule has 0 fully saturated rings. The van der Waals surface area contributed by atoms with Crippen LogP contribution in [0.2, 0.25) is 0 Å². The number of ether oxygens (including phenoxy) is 1. The van der Waals surface area contributed by atoms with Gasteiger partial charge in [0, 0.05) is 13.7 Å². The summed E-state index contributed by atoms with van der Waals surface area (Å²) in [6.07, 6.45) is 5.05. The second-order valence-corrected chi connectivity index (χ2v) is 2.75. The van der Waals surface area contributed by atoms with Crippen molar-refractivity contribution in [1.29, 1.82) is 0 Å². The molecule has 0 rings (SSSR count). The molecule has 66 valence electrons. The van der Waals surface area contributed by atoms with Gasteiger partial charge in [-0.05, 0) is 32.0 Å². The van der Waals surface area contributed by atoms with Crippen molar-refractivity contribution in [3.8, 4) is 0 Å². The van der Waals surface area contributed by atoms with E-state index in [0.29, 0.717) is 0 Å². The van der Waals surface area contributed by atoms with Crippen LogP contribution in [-0.4, -0.2) is 24.3 Å². The molecule has 0 aromatic heterocycles. The Morgan fingerprint density at radius 2 is 2.27 bits per heavy atom. The maximum atomic E-state index is 5.84. The molecular weight excluding hydrogens is 162 g/mol. The lowest BCUT2D eigenvalue weighted by Gasteiger charge is -2.18. The third-order valence-electron chi connectivity index (χ3n) is 1.48. The third kappa shape index (κ3) is 5.24. The fraction of sp³-hybridized carbons (Fsp3) is 0.750. The van der Waals surface area contributed by atoms with Gasteiger partial charge in [0.1, 0.15) is 6.23 Å². The van der Waals surface area contributed by atoms with Gasteiger partial charge in [-0.1, -0.05) is 12.2 Å². The number of hydrogen-bond acceptors (Lipinski definition) is 2. The minimum absolute atomic E-state index is 0.0121. The summed E-state index contributed by atoms with van der Waals surface area (Å²) in [7, 11) is 1.65. The van der Waals surface area contributed by atoms with E-state index in [9.17, 15) is 0 Å². The predicted molar refractivity (Wildman–Crippen MR) is 48.5 cm³/mol. The van der Waals surface area contributed by atoms with Crippen molar-refractivity contribution in [1.82, 2.24) is 4.42 Å². The Labute approximate surface area is 73.9 Å². The molecule has 0 heterocycles. The summed E-state index contributed by atoms with van der Waals surface area (Å²) in [4.78, 5) is 0. The van der Waals surface area contributed by atoms with Crippen molar-refractivity contribution >= 4 is 11.8 Å². The maximum Gasteiger partial charge on any atom is 0.120 e. The van der Waals surface area contributed by atoms with Gasteiger partial charge in [0.25, 0.3) is 0 Å². The quantitative estimate of drug-likeness (QED) is 0.363. The molecule has 0 bridgehead atoms. The van der Waals surface area contributed by atoms with E-state index in [4.69, 9.17) is 16.5 Å². The topological polar surface area (TPSA) is 12.5 Å². The van der Waals surface area contributed by atoms with Crippen LogP contribution in [0.1, 0.15) is 20.3 Å². The van der Waals surface area contributed by atoms with Crippen LogP contribution >= 0.6 is 11.8 Å². The van der Waals surface area contributed by atoms with Gasteiger partial charge >= 0.3 is 0 Å². The standard InChI is InChI=1S/C8H16ClNO/c1-4-5-6-7-10(9)8(2)11-3/h4-5,8H,6-7H2,1-3H3/b5-4+. The SMILES string of the molecule is C/C=C/CCN(Cl)C(C)OC. The predicted octanol–water partition coefficient (Wildman–Crippen LogP) is 2.40. The molecule has 0 saturated carbocycles. The Morgan fingerprint density at radius 1 is 1.64 bits per heavy atom. The molecule has 0 N–H and O–H groups in total. The molecule has 1 unspecified atom stereocenters. The van der Waals surface area contributed by atoms with Crippen LogP contribution in [0, 0.1) is 0 Å². The lowest BCUT2D eigenvalue weighted by atomic mass is 10.4. The second-order valence-electron chi connectivity index (χ2n) is 2.32. The lowest BCUT2D eigenvalue weighted by Crippen LogP contribution is -2.26. The Kier molecular flexibility index (Phi) is 6.62. The average Bonchev–Trinajstić information content (AvgIpc) is 2.03. The molecule has 0 amide bonds. The molecule has 3 heteroatoms. The Morgan fingerprint density at radius 3 is 2.73 bits per heavy atom. The van der Waals surface area contributed by atoms with Crippen molar-refractivity contribution in [3.63, 3.8) is 0 Å². The smallest absolute Gasteiger partial charge is 0.120 e. The first-order valence-corrected chi connectivity index (χ1v) is 4.12. The van der Waals surface area contributed by atoms with Crippen LogP contribution in [0.5, 0.6) is 0 Å². The summed E-state index contributed by atoms with van der Waals surface area (Å²) < 4.78 is 6.67. The molecular formula is C8H16ClNO. The normalized spacial score (nSPS) is 14.6. The van der Waals surface area contributed by atoms with Gasteiger partial charge in [0.05, 0.1) is 0 Å². The summed E-state index contributed by atoms with van der Waals surface area (Å²) in [5.74, 6) is 0. The van der Waals surface area contributed by atoms with Gasteiger partial charge in [-0.25, -0.2) is 0 Å². The van der Waals surface area contributed by atoms with Gasteiger partial charge in [0.15, 0.2) is 0 Å². The van der Waals surface area contributed by atoms with E-state index in [-0.39, 0.29) is 6.23 Å². The highest BCUT2D eigenvalue weighted by Gasteiger charge is 2.07. The van der Waals surface area contributed by atoms with E-state index >= 15 is 0 Å². The Hall–Kier alpha value is -0.0500. The number of halogens is 1. The first-order chi connectivity index (χ1) is 5.22. The molecule has 2 nitrogen and oxygen atoms in total. The molecule has 0 saturated heterocycles. The molecule has 0 radical (unpaired) electrons. The summed E-state index contributed by atoms with van der Waals surface area (Å²) in [5.41, 5.74) is 0. The number of nitrogens with zero attached hydrogens (tertiary/aromatic N) is 1. The fourth-order valence-electron chi connectivity index (χ4n) is 0.661. The van der Waals surface area contributed by atoms with Crippen LogP contribution < -0.4 is 0 Å². The van der Waals surface area contributed by atoms with Crippen molar-refractivity contribution in [2.75, 3.05) is 13.7 Å². The third-order valence-corrected chi connectivity index (χ3v) is 1.92. The van der Waals surface area contributed by atoms with E-state index < -0.39 is 0 Å². The van der Waals surface area contributed by atoms with Crippen LogP contribution in [0.3, 0.4) is 0 Å². The van der Waals surface area contributed by atoms with E-state index in [1.807, 2.05) is 19.9 Å². The van der Waals surface area contributed by atoms with Crippen LogP contribution in [-0.2, 0) is 4.74 Å². The van der Waals surface area contributed by atoms with Crippen LogP contribution in [0.15, 0.2) is 12.2 Å². The van der Waals surface area contributed by atoms with Crippen LogP contribution in [0.25, 0.3) is 0 Å². The average molecular weight is 178 g/mol. The van der Waals surface area contributed by atoms with Crippen molar-refractivity contribution < 1.29 is 4.74 Å². The molecule has 1 atom stereocenters. The first-order valence-electron chi connectivity index (χ1n) is 3.78. The minimum atomic E-state index is -0.0121. The van der Waals surface area contributed by atoms with Gasteiger partial charge in [0.2, 0.25) is 0 Å². The number of rotatable bonds is 5. The molecule has 11 heavy (non-hydrogen) atoms. The molecule has 0 aliphatic rings. The number of methoxy groups -OCH3 is 1. The van der Waals surface area contributed by atoms with Crippen molar-refractivity contribution in [2.24, 2.45) is 0 Å². The summed E-state index contributed by atoms with van der Waals surface area (Å²) in [5, 5.41) is 0. The zero-order valence-electron chi connectivity index (χ0n) is 7.38. The van der Waals surface area contributed by atoms with Gasteiger partial charge in [-0.15, -0.1) is 0 Å². The minimum Gasteiger partial charge on any atom is -0.365 e. The monoisotopic (exact) mass is 177 g/mol. The summed E-state index contributed by atoms with van der Waals surface area (Å²) in [6.45, 7) is 4.74. The lowest BCUT2D eigenvalue weighted by molar-refractivity contribution is 0.0323. The van der Waals surface area contributed by atoms with Crippen molar-refractivity contribution in [2.45, 2.75) is 26.5 Å². The molecule has 0 aromatic carbocycles. The highest BCUT2D eigenvalue weighted by Crippen LogP contribution is 2.04. The van der Waals surface area contributed by atoms with Gasteiger partial charge < -0.3 is 4.74 Å². The largest absolute Gasteiger partial charge is 0.365 e. The summed E-state index contributed by atoms with van der Waals surface area (Å²) in [6, 6.07) is 0. The van der Waals surface area contributed by atoms with Gasteiger partial charge in [-0.2, -0.15) is 4.42 Å². The summed E-state index contributed by atoms with van der Waals surface area (Å²) >= 11 is 5.84. The fourth-order valence-corrected chi connectivity index (χ4v) is 0.838. The van der Waals surface area contributed by atoms with Crippen LogP contribution in [0.4, 0.5) is 0 Å². The maximum absolute atomic E-state index is 5.84. The van der Waals surface area contributed by atoms with E-state index in [1.54, 1.807) is 11.5 Å². The van der Waals surface area contributed by atoms with Crippen molar-refractivity contribution in [3.05, 3.63) is 12.2 Å². The van der Waals surface area contributed by atoms with E-state index in [2.05, 4.69) is 6.08 Å². The number of hydrogen-bond donors (Lipinski definition) is 0.